The number of carbonyl (C=O) groups is 2. The second-order valence-electron chi connectivity index (χ2n) is 6.38. The molecule has 23 heavy (non-hydrogen) atoms. The number of rotatable bonds is 5. The minimum Gasteiger partial charge on any atom is -0.676 e. The average molecular weight is 505 g/mol. The Labute approximate surface area is 152 Å². The quantitative estimate of drug-likeness (QED) is 0.522. The molecule has 0 heterocycles. The average Bonchev–Trinajstić information content (AvgIpc) is 2.39. The van der Waals surface area contributed by atoms with E-state index in [9.17, 15) is 19.8 Å². The predicted octanol–water partition coefficient (Wildman–Crippen LogP) is 1.18. The van der Waals surface area contributed by atoms with Crippen molar-refractivity contribution >= 4 is 11.9 Å². The van der Waals surface area contributed by atoms with Crippen molar-refractivity contribution in [3.05, 3.63) is 11.1 Å². The van der Waals surface area contributed by atoms with Crippen molar-refractivity contribution in [1.29, 1.82) is 0 Å². The molecule has 0 aromatic carbocycles. The Morgan fingerprint density at radius 3 is 2.00 bits per heavy atom. The van der Waals surface area contributed by atoms with Crippen LogP contribution in [0, 0.1) is 5.41 Å². The standard InChI is InChI=1S/C10H20N2.C6H8O4.Pt/c1-3-8(2)12-10-7-5-4-6-9(10)11;7-4(8)6(5(9)10)2-1-3-6;/h8-11H,3-7H2,1-2H3;1-3H2,(H,7,8)(H,9,10);/q-2;;+4/p-2/t8?,9-,10-;;/m1../s1. The van der Waals surface area contributed by atoms with Gasteiger partial charge in [-0.2, -0.15) is 12.1 Å². The van der Waals surface area contributed by atoms with Crippen LogP contribution in [0.3, 0.4) is 0 Å². The van der Waals surface area contributed by atoms with Gasteiger partial charge < -0.3 is 30.9 Å². The van der Waals surface area contributed by atoms with Crippen LogP contribution in [-0.4, -0.2) is 30.1 Å². The Morgan fingerprint density at radius 1 is 1.17 bits per heavy atom. The van der Waals surface area contributed by atoms with E-state index in [-0.39, 0.29) is 39.9 Å². The first-order valence-corrected chi connectivity index (χ1v) is 8.17. The normalized spacial score (nSPS) is 26.6. The Balaban J connectivity index is 0.000000409. The van der Waals surface area contributed by atoms with E-state index in [1.54, 1.807) is 0 Å². The van der Waals surface area contributed by atoms with Crippen molar-refractivity contribution in [1.82, 2.24) is 0 Å². The van der Waals surface area contributed by atoms with Gasteiger partial charge >= 0.3 is 21.1 Å². The molecule has 2 saturated carbocycles. The molecule has 0 saturated heterocycles. The summed E-state index contributed by atoms with van der Waals surface area (Å²) < 4.78 is 0. The minimum absolute atomic E-state index is 0. The zero-order valence-corrected chi connectivity index (χ0v) is 16.1. The number of nitrogens with one attached hydrogen (secondary N) is 1. The molecular weight excluding hydrogens is 479 g/mol. The molecule has 2 rings (SSSR count). The van der Waals surface area contributed by atoms with E-state index in [0.29, 0.717) is 18.5 Å². The van der Waals surface area contributed by atoms with Crippen molar-refractivity contribution < 1.29 is 40.9 Å². The van der Waals surface area contributed by atoms with E-state index in [2.05, 4.69) is 19.2 Å². The van der Waals surface area contributed by atoms with Gasteiger partial charge in [0.15, 0.2) is 0 Å². The van der Waals surface area contributed by atoms with E-state index in [4.69, 9.17) is 5.73 Å². The molecular formula is C16H26N2O4Pt. The van der Waals surface area contributed by atoms with Gasteiger partial charge in [0.2, 0.25) is 0 Å². The van der Waals surface area contributed by atoms with Crippen LogP contribution < -0.4 is 10.2 Å². The van der Waals surface area contributed by atoms with E-state index in [1.807, 2.05) is 0 Å². The van der Waals surface area contributed by atoms with Gasteiger partial charge in [-0.25, -0.2) is 0 Å². The summed E-state index contributed by atoms with van der Waals surface area (Å²) in [5, 5.41) is 25.1. The Bertz CT molecular complexity index is 372. The first-order valence-electron chi connectivity index (χ1n) is 8.17. The Kier molecular flexibility index (Phi) is 10.2. The first-order chi connectivity index (χ1) is 10.3. The molecule has 0 aromatic heterocycles. The molecule has 0 aromatic rings. The predicted molar refractivity (Wildman–Crippen MR) is 79.8 cm³/mol. The van der Waals surface area contributed by atoms with Crippen molar-refractivity contribution in [2.45, 2.75) is 83.3 Å². The van der Waals surface area contributed by atoms with Crippen LogP contribution in [0.1, 0.15) is 65.2 Å². The minimum atomic E-state index is -1.67. The molecule has 3 atom stereocenters. The third kappa shape index (κ3) is 6.16. The van der Waals surface area contributed by atoms with Gasteiger partial charge in [-0.3, -0.25) is 0 Å². The van der Waals surface area contributed by atoms with Gasteiger partial charge in [0.1, 0.15) is 0 Å². The van der Waals surface area contributed by atoms with E-state index in [0.717, 1.165) is 19.3 Å². The van der Waals surface area contributed by atoms with E-state index in [1.165, 1.54) is 12.8 Å². The molecule has 0 spiro atoms. The van der Waals surface area contributed by atoms with Crippen molar-refractivity contribution in [2.24, 2.45) is 5.41 Å². The fourth-order valence-electron chi connectivity index (χ4n) is 2.74. The molecule has 7 heteroatoms. The molecule has 6 nitrogen and oxygen atoms in total. The van der Waals surface area contributed by atoms with Crippen LogP contribution in [0.5, 0.6) is 0 Å². The molecule has 134 valence electrons. The summed E-state index contributed by atoms with van der Waals surface area (Å²) in [5.74, 6) is -3.03. The fourth-order valence-corrected chi connectivity index (χ4v) is 2.74. The number of nitrogens with zero attached hydrogens (tertiary/aromatic N) is 1. The smallest absolute Gasteiger partial charge is 0.676 e. The summed E-state index contributed by atoms with van der Waals surface area (Å²) in [6.07, 6.45) is 6.77. The number of hydrogen-bond acceptors (Lipinski definition) is 4. The topological polar surface area (TPSA) is 118 Å². The van der Waals surface area contributed by atoms with Crippen molar-refractivity contribution in [3.63, 3.8) is 0 Å². The Morgan fingerprint density at radius 2 is 1.70 bits per heavy atom. The second-order valence-corrected chi connectivity index (χ2v) is 6.38. The van der Waals surface area contributed by atoms with Crippen LogP contribution in [0.25, 0.3) is 11.1 Å². The van der Waals surface area contributed by atoms with Crippen LogP contribution in [0.2, 0.25) is 0 Å². The van der Waals surface area contributed by atoms with Crippen molar-refractivity contribution in [2.75, 3.05) is 0 Å². The maximum Gasteiger partial charge on any atom is 4.00 e. The Hall–Kier alpha value is -0.452. The van der Waals surface area contributed by atoms with E-state index < -0.39 is 17.4 Å². The molecule has 0 bridgehead atoms. The number of carboxylic acids is 2. The third-order valence-electron chi connectivity index (χ3n) is 4.75. The summed E-state index contributed by atoms with van der Waals surface area (Å²) >= 11 is 0. The summed E-state index contributed by atoms with van der Waals surface area (Å²) in [4.78, 5) is 20.4. The zero-order valence-electron chi connectivity index (χ0n) is 13.8. The first kappa shape index (κ1) is 22.5. The molecule has 1 unspecified atom stereocenters. The molecule has 2 aliphatic rings. The fraction of sp³-hybridized carbons (Fsp3) is 0.875. The summed E-state index contributed by atoms with van der Waals surface area (Å²) in [6.45, 7) is 4.32. The number of carboxylic acid groups (broad SMARTS) is 2. The second kappa shape index (κ2) is 10.4. The maximum atomic E-state index is 10.2. The SMILES string of the molecule is CCC(C)[N-][C@@H]1CCCC[C@H]1[NH-].O=C([O-])C1(C(=O)[O-])CCC1.[Pt+4]. The third-order valence-corrected chi connectivity index (χ3v) is 4.75. The molecule has 2 fully saturated rings. The summed E-state index contributed by atoms with van der Waals surface area (Å²) in [7, 11) is 0. The van der Waals surface area contributed by atoms with Crippen LogP contribution in [0.4, 0.5) is 0 Å². The molecule has 0 amide bonds. The van der Waals surface area contributed by atoms with Gasteiger partial charge in [0, 0.05) is 5.41 Å². The zero-order chi connectivity index (χ0) is 16.8. The van der Waals surface area contributed by atoms with Gasteiger partial charge in [0.05, 0.1) is 11.9 Å². The summed E-state index contributed by atoms with van der Waals surface area (Å²) in [5.41, 5.74) is 6.14. The van der Waals surface area contributed by atoms with Crippen LogP contribution in [0.15, 0.2) is 0 Å². The number of aliphatic carboxylic acids is 2. The monoisotopic (exact) mass is 505 g/mol. The maximum absolute atomic E-state index is 10.2. The molecule has 1 N–H and O–H groups in total. The van der Waals surface area contributed by atoms with Gasteiger partial charge in [0.25, 0.3) is 0 Å². The van der Waals surface area contributed by atoms with Gasteiger partial charge in [-0.1, -0.05) is 52.4 Å². The molecule has 0 aliphatic heterocycles. The van der Waals surface area contributed by atoms with Crippen LogP contribution >= 0.6 is 0 Å². The molecule has 2 aliphatic carbocycles. The number of hydrogen-bond donors (Lipinski definition) is 0. The largest absolute Gasteiger partial charge is 4.00 e. The summed E-state index contributed by atoms with van der Waals surface area (Å²) in [6, 6.07) is 0.891. The molecule has 0 radical (unpaired) electrons. The van der Waals surface area contributed by atoms with Gasteiger partial charge in [-0.05, 0) is 12.8 Å². The van der Waals surface area contributed by atoms with Gasteiger partial charge in [-0.15, -0.1) is 6.04 Å². The number of carbonyl (C=O) groups excluding carboxylic acids is 2. The van der Waals surface area contributed by atoms with E-state index >= 15 is 0 Å². The van der Waals surface area contributed by atoms with Crippen molar-refractivity contribution in [3.8, 4) is 0 Å². The van der Waals surface area contributed by atoms with Crippen LogP contribution in [-0.2, 0) is 30.7 Å².